The van der Waals surface area contributed by atoms with Gasteiger partial charge in [-0.1, -0.05) is 11.6 Å². The summed E-state index contributed by atoms with van der Waals surface area (Å²) in [5.74, 6) is 0. The van der Waals surface area contributed by atoms with E-state index in [1.165, 1.54) is 6.33 Å². The molecule has 1 saturated heterocycles. The third kappa shape index (κ3) is 2.55. The van der Waals surface area contributed by atoms with Crippen LogP contribution in [0.2, 0.25) is 5.15 Å². The summed E-state index contributed by atoms with van der Waals surface area (Å²) in [5.41, 5.74) is 2.03. The first kappa shape index (κ1) is 13.1. The lowest BCUT2D eigenvalue weighted by molar-refractivity contribution is 0.313. The summed E-state index contributed by atoms with van der Waals surface area (Å²) in [6.07, 6.45) is 1.49. The molecular weight excluding hydrogens is 328 g/mol. The maximum atomic E-state index is 6.15. The highest BCUT2D eigenvalue weighted by Gasteiger charge is 2.17. The van der Waals surface area contributed by atoms with Crippen LogP contribution in [0.4, 0.5) is 5.69 Å². The zero-order chi connectivity index (χ0) is 13.4. The molecule has 1 aromatic heterocycles. The van der Waals surface area contributed by atoms with Crippen molar-refractivity contribution in [1.82, 2.24) is 14.9 Å². The molecule has 0 amide bonds. The topological polar surface area (TPSA) is 32.3 Å². The van der Waals surface area contributed by atoms with Crippen molar-refractivity contribution < 1.29 is 0 Å². The maximum absolute atomic E-state index is 6.15. The van der Waals surface area contributed by atoms with Crippen molar-refractivity contribution in [2.45, 2.75) is 0 Å². The first-order chi connectivity index (χ1) is 9.15. The number of nitrogens with zero attached hydrogens (tertiary/aromatic N) is 4. The SMILES string of the molecule is CN1CCN(c2cc3c(Cl)ncnc3cc2Br)CC1. The summed E-state index contributed by atoms with van der Waals surface area (Å²) in [4.78, 5) is 13.0. The molecule has 2 heterocycles. The third-order valence-corrected chi connectivity index (χ3v) is 4.44. The molecular formula is C13H14BrClN4. The van der Waals surface area contributed by atoms with Crippen molar-refractivity contribution in [1.29, 1.82) is 0 Å². The normalized spacial score (nSPS) is 17.1. The summed E-state index contributed by atoms with van der Waals surface area (Å²) in [5, 5.41) is 1.41. The Balaban J connectivity index is 2.03. The first-order valence-corrected chi connectivity index (χ1v) is 7.35. The van der Waals surface area contributed by atoms with Gasteiger partial charge < -0.3 is 9.80 Å². The standard InChI is InChI=1S/C13H14BrClN4/c1-18-2-4-19(5-3-18)12-6-9-11(7-10(12)14)16-8-17-13(9)15/h6-8H,2-5H2,1H3. The Bertz CT molecular complexity index is 611. The largest absolute Gasteiger partial charge is 0.368 e. The van der Waals surface area contributed by atoms with E-state index in [-0.39, 0.29) is 0 Å². The quantitative estimate of drug-likeness (QED) is 0.747. The van der Waals surface area contributed by atoms with Gasteiger partial charge in [0.15, 0.2) is 0 Å². The molecule has 0 saturated carbocycles. The molecule has 0 unspecified atom stereocenters. The molecule has 0 N–H and O–H groups in total. The lowest BCUT2D eigenvalue weighted by Gasteiger charge is -2.34. The van der Waals surface area contributed by atoms with Crippen LogP contribution in [-0.4, -0.2) is 48.1 Å². The van der Waals surface area contributed by atoms with E-state index in [0.29, 0.717) is 5.15 Å². The second-order valence-corrected chi connectivity index (χ2v) is 5.99. The lowest BCUT2D eigenvalue weighted by Crippen LogP contribution is -2.44. The first-order valence-electron chi connectivity index (χ1n) is 6.18. The average molecular weight is 342 g/mol. The fourth-order valence-corrected chi connectivity index (χ4v) is 3.10. The van der Waals surface area contributed by atoms with Gasteiger partial charge in [-0.25, -0.2) is 9.97 Å². The number of anilines is 1. The van der Waals surface area contributed by atoms with Gasteiger partial charge in [-0.15, -0.1) is 0 Å². The number of benzene rings is 1. The van der Waals surface area contributed by atoms with Crippen molar-refractivity contribution in [3.05, 3.63) is 28.1 Å². The van der Waals surface area contributed by atoms with Crippen LogP contribution in [0.5, 0.6) is 0 Å². The molecule has 1 aromatic carbocycles. The predicted octanol–water partition coefficient (Wildman–Crippen LogP) is 2.80. The van der Waals surface area contributed by atoms with Gasteiger partial charge >= 0.3 is 0 Å². The van der Waals surface area contributed by atoms with Gasteiger partial charge in [0, 0.05) is 36.0 Å². The summed E-state index contributed by atoms with van der Waals surface area (Å²) in [7, 11) is 2.15. The number of hydrogen-bond donors (Lipinski definition) is 0. The monoisotopic (exact) mass is 340 g/mol. The van der Waals surface area contributed by atoms with Crippen LogP contribution < -0.4 is 4.90 Å². The Labute approximate surface area is 125 Å². The molecule has 3 rings (SSSR count). The van der Waals surface area contributed by atoms with Gasteiger partial charge in [0.2, 0.25) is 0 Å². The molecule has 0 aliphatic carbocycles. The summed E-state index contributed by atoms with van der Waals surface area (Å²) in [6, 6.07) is 4.09. The van der Waals surface area contributed by atoms with E-state index >= 15 is 0 Å². The maximum Gasteiger partial charge on any atom is 0.140 e. The Morgan fingerprint density at radius 1 is 1.16 bits per heavy atom. The van der Waals surface area contributed by atoms with E-state index in [4.69, 9.17) is 11.6 Å². The number of hydrogen-bond acceptors (Lipinski definition) is 4. The minimum Gasteiger partial charge on any atom is -0.368 e. The fourth-order valence-electron chi connectivity index (χ4n) is 2.32. The minimum atomic E-state index is 0.507. The van der Waals surface area contributed by atoms with Crippen molar-refractivity contribution in [3.63, 3.8) is 0 Å². The molecule has 1 aliphatic heterocycles. The van der Waals surface area contributed by atoms with Crippen LogP contribution in [0.1, 0.15) is 0 Å². The van der Waals surface area contributed by atoms with Gasteiger partial charge in [-0.05, 0) is 35.1 Å². The zero-order valence-corrected chi connectivity index (χ0v) is 12.9. The van der Waals surface area contributed by atoms with Crippen LogP contribution in [0, 0.1) is 0 Å². The molecule has 2 aromatic rings. The second kappa shape index (κ2) is 5.23. The highest BCUT2D eigenvalue weighted by Crippen LogP contribution is 2.33. The molecule has 0 spiro atoms. The van der Waals surface area contributed by atoms with Crippen LogP contribution in [0.15, 0.2) is 22.9 Å². The number of likely N-dealkylation sites (N-methyl/N-ethyl adjacent to an activating group) is 1. The summed E-state index contributed by atoms with van der Waals surface area (Å²) >= 11 is 9.78. The second-order valence-electron chi connectivity index (χ2n) is 4.78. The van der Waals surface area contributed by atoms with Crippen LogP contribution >= 0.6 is 27.5 Å². The molecule has 0 atom stereocenters. The van der Waals surface area contributed by atoms with Gasteiger partial charge in [0.05, 0.1) is 11.2 Å². The van der Waals surface area contributed by atoms with E-state index in [1.54, 1.807) is 0 Å². The molecule has 1 aliphatic rings. The van der Waals surface area contributed by atoms with Gasteiger partial charge in [-0.2, -0.15) is 0 Å². The van der Waals surface area contributed by atoms with Crippen LogP contribution in [-0.2, 0) is 0 Å². The number of rotatable bonds is 1. The molecule has 100 valence electrons. The van der Waals surface area contributed by atoms with E-state index in [1.807, 2.05) is 6.07 Å². The van der Waals surface area contributed by atoms with Crippen molar-refractivity contribution in [2.24, 2.45) is 0 Å². The molecule has 0 bridgehead atoms. The van der Waals surface area contributed by atoms with E-state index in [2.05, 4.69) is 48.8 Å². The van der Waals surface area contributed by atoms with Crippen molar-refractivity contribution >= 4 is 44.1 Å². The number of aromatic nitrogens is 2. The Morgan fingerprint density at radius 2 is 1.89 bits per heavy atom. The average Bonchev–Trinajstić information content (AvgIpc) is 2.40. The highest BCUT2D eigenvalue weighted by molar-refractivity contribution is 9.10. The highest BCUT2D eigenvalue weighted by atomic mass is 79.9. The van der Waals surface area contributed by atoms with Gasteiger partial charge in [-0.3, -0.25) is 0 Å². The molecule has 1 fully saturated rings. The fraction of sp³-hybridized carbons (Fsp3) is 0.385. The molecule has 0 radical (unpaired) electrons. The Hall–Kier alpha value is -0.910. The van der Waals surface area contributed by atoms with Crippen molar-refractivity contribution in [3.8, 4) is 0 Å². The number of fused-ring (bicyclic) bond motifs is 1. The van der Waals surface area contributed by atoms with E-state index in [0.717, 1.165) is 47.2 Å². The minimum absolute atomic E-state index is 0.507. The molecule has 6 heteroatoms. The van der Waals surface area contributed by atoms with E-state index < -0.39 is 0 Å². The van der Waals surface area contributed by atoms with Crippen molar-refractivity contribution in [2.75, 3.05) is 38.1 Å². The van der Waals surface area contributed by atoms with E-state index in [9.17, 15) is 0 Å². The predicted molar refractivity (Wildman–Crippen MR) is 82.0 cm³/mol. The summed E-state index contributed by atoms with van der Waals surface area (Å²) in [6.45, 7) is 4.19. The third-order valence-electron chi connectivity index (χ3n) is 3.50. The van der Waals surface area contributed by atoms with Gasteiger partial charge in [0.25, 0.3) is 0 Å². The number of halogens is 2. The molecule has 19 heavy (non-hydrogen) atoms. The van der Waals surface area contributed by atoms with Gasteiger partial charge in [0.1, 0.15) is 11.5 Å². The van der Waals surface area contributed by atoms with Crippen LogP contribution in [0.3, 0.4) is 0 Å². The summed E-state index contributed by atoms with van der Waals surface area (Å²) < 4.78 is 1.05. The zero-order valence-electron chi connectivity index (χ0n) is 10.6. The lowest BCUT2D eigenvalue weighted by atomic mass is 10.2. The Morgan fingerprint density at radius 3 is 2.63 bits per heavy atom. The molecule has 4 nitrogen and oxygen atoms in total. The number of piperazine rings is 1. The Kier molecular flexibility index (Phi) is 3.60. The smallest absolute Gasteiger partial charge is 0.140 e. The van der Waals surface area contributed by atoms with Crippen LogP contribution in [0.25, 0.3) is 10.9 Å².